The van der Waals surface area contributed by atoms with Gasteiger partial charge in [-0.3, -0.25) is 0 Å². The fraction of sp³-hybridized carbons (Fsp3) is 0.462. The summed E-state index contributed by atoms with van der Waals surface area (Å²) < 4.78 is 6.59. The molecular weight excluding hydrogens is 328 g/mol. The minimum atomic E-state index is -0.147. The van der Waals surface area contributed by atoms with E-state index in [4.69, 9.17) is 22.7 Å². The van der Waals surface area contributed by atoms with E-state index in [9.17, 15) is 5.11 Å². The number of nitrogens with zero attached hydrogens (tertiary/aromatic N) is 1. The molecule has 1 aromatic rings. The van der Waals surface area contributed by atoms with E-state index in [0.29, 0.717) is 11.5 Å². The van der Waals surface area contributed by atoms with Gasteiger partial charge in [-0.05, 0) is 41.1 Å². The number of thiocarbonyl (C=S) groups is 1. The normalized spacial score (nSPS) is 23.4. The Bertz CT molecular complexity index is 484. The molecule has 0 saturated carbocycles. The first kappa shape index (κ1) is 14.7. The van der Waals surface area contributed by atoms with Crippen molar-refractivity contribution < 1.29 is 9.84 Å². The average molecular weight is 345 g/mol. The summed E-state index contributed by atoms with van der Waals surface area (Å²) in [4.78, 5) is 2.58. The van der Waals surface area contributed by atoms with Gasteiger partial charge < -0.3 is 20.5 Å². The van der Waals surface area contributed by atoms with Crippen LogP contribution in [0.3, 0.4) is 0 Å². The Morgan fingerprint density at radius 2 is 2.32 bits per heavy atom. The summed E-state index contributed by atoms with van der Waals surface area (Å²) in [5.41, 5.74) is 7.52. The number of halogens is 1. The molecule has 1 fully saturated rings. The molecule has 6 heteroatoms. The Morgan fingerprint density at radius 3 is 2.89 bits per heavy atom. The Balaban J connectivity index is 2.23. The highest BCUT2D eigenvalue weighted by molar-refractivity contribution is 9.10. The number of hydrogen-bond acceptors (Lipinski definition) is 4. The Labute approximate surface area is 126 Å². The predicted octanol–water partition coefficient (Wildman–Crippen LogP) is 1.67. The average Bonchev–Trinajstić information content (AvgIpc) is 2.37. The maximum atomic E-state index is 9.26. The molecule has 1 aliphatic heterocycles. The molecule has 104 valence electrons. The third-order valence-electron chi connectivity index (χ3n) is 3.10. The highest BCUT2D eigenvalue weighted by Gasteiger charge is 2.25. The second-order valence-corrected chi connectivity index (χ2v) is 5.98. The molecule has 1 heterocycles. The van der Waals surface area contributed by atoms with E-state index in [2.05, 4.69) is 20.8 Å². The molecule has 3 N–H and O–H groups in total. The summed E-state index contributed by atoms with van der Waals surface area (Å²) in [5, 5.41) is 9.26. The second-order valence-electron chi connectivity index (χ2n) is 4.69. The SMILES string of the molecule is CC1CN(c2ccc(C(N)=S)cc2Br)CC(CO)O1. The maximum Gasteiger partial charge on any atom is 0.104 e. The molecule has 1 saturated heterocycles. The van der Waals surface area contributed by atoms with Crippen molar-refractivity contribution >= 4 is 38.8 Å². The number of hydrogen-bond donors (Lipinski definition) is 2. The molecule has 1 aromatic carbocycles. The lowest BCUT2D eigenvalue weighted by Crippen LogP contribution is -2.48. The highest BCUT2D eigenvalue weighted by Crippen LogP contribution is 2.29. The molecule has 19 heavy (non-hydrogen) atoms. The number of aliphatic hydroxyl groups excluding tert-OH is 1. The molecule has 0 aromatic heterocycles. The summed E-state index contributed by atoms with van der Waals surface area (Å²) in [7, 11) is 0. The van der Waals surface area contributed by atoms with E-state index in [1.807, 2.05) is 25.1 Å². The molecule has 0 bridgehead atoms. The zero-order chi connectivity index (χ0) is 14.0. The van der Waals surface area contributed by atoms with Crippen LogP contribution in [-0.2, 0) is 4.74 Å². The van der Waals surface area contributed by atoms with Crippen molar-refractivity contribution in [2.24, 2.45) is 5.73 Å². The van der Waals surface area contributed by atoms with Crippen molar-refractivity contribution in [1.82, 2.24) is 0 Å². The Morgan fingerprint density at radius 1 is 1.58 bits per heavy atom. The van der Waals surface area contributed by atoms with Crippen molar-refractivity contribution in [3.8, 4) is 0 Å². The number of benzene rings is 1. The first-order valence-corrected chi connectivity index (χ1v) is 7.32. The molecule has 2 unspecified atom stereocenters. The number of rotatable bonds is 3. The Hall–Kier alpha value is -0.690. The van der Waals surface area contributed by atoms with Crippen LogP contribution in [0.2, 0.25) is 0 Å². The number of nitrogens with two attached hydrogens (primary N) is 1. The molecular formula is C13H17BrN2O2S. The minimum Gasteiger partial charge on any atom is -0.394 e. The summed E-state index contributed by atoms with van der Waals surface area (Å²) in [6.07, 6.45) is -0.0565. The van der Waals surface area contributed by atoms with Crippen molar-refractivity contribution in [2.45, 2.75) is 19.1 Å². The summed E-state index contributed by atoms with van der Waals surface area (Å²) >= 11 is 8.52. The fourth-order valence-electron chi connectivity index (χ4n) is 2.26. The summed E-state index contributed by atoms with van der Waals surface area (Å²) in [5.74, 6) is 0. The van der Waals surface area contributed by atoms with E-state index in [0.717, 1.165) is 22.3 Å². The van der Waals surface area contributed by atoms with Crippen LogP contribution in [0, 0.1) is 0 Å². The van der Waals surface area contributed by atoms with E-state index in [1.165, 1.54) is 0 Å². The third-order valence-corrected chi connectivity index (χ3v) is 3.97. The monoisotopic (exact) mass is 344 g/mol. The molecule has 0 spiro atoms. The van der Waals surface area contributed by atoms with Crippen LogP contribution in [0.25, 0.3) is 0 Å². The standard InChI is InChI=1S/C13H17BrN2O2S/c1-8-5-16(6-10(7-17)18-8)12-3-2-9(13(15)19)4-11(12)14/h2-4,8,10,17H,5-7H2,1H3,(H2,15,19). The van der Waals surface area contributed by atoms with E-state index in [-0.39, 0.29) is 18.8 Å². The van der Waals surface area contributed by atoms with Crippen LogP contribution < -0.4 is 10.6 Å². The second kappa shape index (κ2) is 6.17. The predicted molar refractivity (Wildman–Crippen MR) is 83.7 cm³/mol. The maximum absolute atomic E-state index is 9.26. The van der Waals surface area contributed by atoms with Crippen LogP contribution in [0.4, 0.5) is 5.69 Å². The van der Waals surface area contributed by atoms with Crippen LogP contribution in [0.15, 0.2) is 22.7 Å². The number of ether oxygens (including phenoxy) is 1. The zero-order valence-electron chi connectivity index (χ0n) is 10.7. The summed E-state index contributed by atoms with van der Waals surface area (Å²) in [6.45, 7) is 3.50. The quantitative estimate of drug-likeness (QED) is 0.817. The van der Waals surface area contributed by atoms with Gasteiger partial charge in [0.15, 0.2) is 0 Å². The van der Waals surface area contributed by atoms with Gasteiger partial charge in [-0.2, -0.15) is 0 Å². The molecule has 0 radical (unpaired) electrons. The lowest BCUT2D eigenvalue weighted by molar-refractivity contribution is -0.0421. The van der Waals surface area contributed by atoms with E-state index < -0.39 is 0 Å². The smallest absolute Gasteiger partial charge is 0.104 e. The number of morpholine rings is 1. The minimum absolute atomic E-state index is 0.0312. The largest absolute Gasteiger partial charge is 0.394 e. The van der Waals surface area contributed by atoms with Crippen LogP contribution in [0.5, 0.6) is 0 Å². The fourth-order valence-corrected chi connectivity index (χ4v) is 3.02. The van der Waals surface area contributed by atoms with Gasteiger partial charge in [-0.25, -0.2) is 0 Å². The van der Waals surface area contributed by atoms with Crippen molar-refractivity contribution in [1.29, 1.82) is 0 Å². The molecule has 4 nitrogen and oxygen atoms in total. The molecule has 2 rings (SSSR count). The van der Waals surface area contributed by atoms with Crippen LogP contribution in [0.1, 0.15) is 12.5 Å². The van der Waals surface area contributed by atoms with Gasteiger partial charge in [0, 0.05) is 23.1 Å². The van der Waals surface area contributed by atoms with Crippen molar-refractivity contribution in [2.75, 3.05) is 24.6 Å². The Kier molecular flexibility index (Phi) is 4.78. The lowest BCUT2D eigenvalue weighted by Gasteiger charge is -2.38. The third kappa shape index (κ3) is 3.45. The van der Waals surface area contributed by atoms with Crippen molar-refractivity contribution in [3.63, 3.8) is 0 Å². The molecule has 2 atom stereocenters. The van der Waals surface area contributed by atoms with Crippen LogP contribution >= 0.6 is 28.1 Å². The van der Waals surface area contributed by atoms with Gasteiger partial charge >= 0.3 is 0 Å². The topological polar surface area (TPSA) is 58.7 Å². The van der Waals surface area contributed by atoms with Gasteiger partial charge in [0.1, 0.15) is 4.99 Å². The van der Waals surface area contributed by atoms with Gasteiger partial charge in [0.25, 0.3) is 0 Å². The van der Waals surface area contributed by atoms with E-state index in [1.54, 1.807) is 0 Å². The number of anilines is 1. The first-order valence-electron chi connectivity index (χ1n) is 6.12. The van der Waals surface area contributed by atoms with Gasteiger partial charge in [-0.1, -0.05) is 12.2 Å². The summed E-state index contributed by atoms with van der Waals surface area (Å²) in [6, 6.07) is 5.83. The lowest BCUT2D eigenvalue weighted by atomic mass is 10.1. The van der Waals surface area contributed by atoms with Crippen LogP contribution in [-0.4, -0.2) is 42.0 Å². The molecule has 0 aliphatic carbocycles. The highest BCUT2D eigenvalue weighted by atomic mass is 79.9. The molecule has 1 aliphatic rings. The number of aliphatic hydroxyl groups is 1. The van der Waals surface area contributed by atoms with Gasteiger partial charge in [-0.15, -0.1) is 0 Å². The van der Waals surface area contributed by atoms with Gasteiger partial charge in [0.2, 0.25) is 0 Å². The zero-order valence-corrected chi connectivity index (χ0v) is 13.1. The first-order chi connectivity index (χ1) is 9.01. The molecule has 0 amide bonds. The van der Waals surface area contributed by atoms with Crippen molar-refractivity contribution in [3.05, 3.63) is 28.2 Å². The van der Waals surface area contributed by atoms with E-state index >= 15 is 0 Å². The van der Waals surface area contributed by atoms with Gasteiger partial charge in [0.05, 0.1) is 24.5 Å².